The van der Waals surface area contributed by atoms with Crippen LogP contribution in [0.2, 0.25) is 0 Å². The van der Waals surface area contributed by atoms with Gasteiger partial charge in [-0.15, -0.1) is 0 Å². The van der Waals surface area contributed by atoms with E-state index < -0.39 is 0 Å². The van der Waals surface area contributed by atoms with Gasteiger partial charge in [-0.25, -0.2) is 4.79 Å². The van der Waals surface area contributed by atoms with E-state index >= 15 is 0 Å². The van der Waals surface area contributed by atoms with Gasteiger partial charge in [0.25, 0.3) is 0 Å². The first-order chi connectivity index (χ1) is 9.19. The lowest BCUT2D eigenvalue weighted by Crippen LogP contribution is -2.46. The molecule has 0 aromatic carbocycles. The molecule has 3 atom stereocenters. The summed E-state index contributed by atoms with van der Waals surface area (Å²) in [6.45, 7) is 6.76. The van der Waals surface area contributed by atoms with Gasteiger partial charge >= 0.3 is 6.09 Å². The van der Waals surface area contributed by atoms with Gasteiger partial charge in [-0.2, -0.15) is 0 Å². The van der Waals surface area contributed by atoms with Crippen LogP contribution in [0.5, 0.6) is 0 Å². The number of ether oxygens (including phenoxy) is 2. The SMILES string of the molecule is COC(=O)NC1CCN(C(C)CC2COCCN2)C1. The monoisotopic (exact) mass is 271 g/mol. The van der Waals surface area contributed by atoms with Crippen LogP contribution in [-0.4, -0.2) is 69.1 Å². The van der Waals surface area contributed by atoms with E-state index in [1.807, 2.05) is 0 Å². The van der Waals surface area contributed by atoms with E-state index in [9.17, 15) is 4.79 Å². The van der Waals surface area contributed by atoms with Crippen molar-refractivity contribution in [1.82, 2.24) is 15.5 Å². The number of amides is 1. The van der Waals surface area contributed by atoms with Crippen LogP contribution in [0.25, 0.3) is 0 Å². The lowest BCUT2D eigenvalue weighted by molar-refractivity contribution is 0.0641. The lowest BCUT2D eigenvalue weighted by atomic mass is 10.1. The minimum atomic E-state index is -0.332. The summed E-state index contributed by atoms with van der Waals surface area (Å²) >= 11 is 0. The highest BCUT2D eigenvalue weighted by molar-refractivity contribution is 5.67. The summed E-state index contributed by atoms with van der Waals surface area (Å²) < 4.78 is 10.1. The van der Waals surface area contributed by atoms with Gasteiger partial charge in [0.2, 0.25) is 0 Å². The average Bonchev–Trinajstić information content (AvgIpc) is 2.88. The maximum Gasteiger partial charge on any atom is 0.407 e. The van der Waals surface area contributed by atoms with Crippen LogP contribution in [0.4, 0.5) is 4.79 Å². The van der Waals surface area contributed by atoms with Gasteiger partial charge in [0, 0.05) is 37.8 Å². The number of carbonyl (C=O) groups excluding carboxylic acids is 1. The molecule has 2 aliphatic rings. The molecule has 0 bridgehead atoms. The molecule has 2 heterocycles. The molecular formula is C13H25N3O3. The molecular weight excluding hydrogens is 246 g/mol. The van der Waals surface area contributed by atoms with Gasteiger partial charge in [0.1, 0.15) is 0 Å². The van der Waals surface area contributed by atoms with E-state index in [1.165, 1.54) is 7.11 Å². The zero-order valence-electron chi connectivity index (χ0n) is 11.9. The predicted octanol–water partition coefficient (Wildman–Crippen LogP) is 0.184. The van der Waals surface area contributed by atoms with E-state index in [1.54, 1.807) is 0 Å². The number of rotatable bonds is 4. The van der Waals surface area contributed by atoms with Gasteiger partial charge in [-0.3, -0.25) is 4.90 Å². The zero-order chi connectivity index (χ0) is 13.7. The Morgan fingerprint density at radius 3 is 3.16 bits per heavy atom. The van der Waals surface area contributed by atoms with Gasteiger partial charge < -0.3 is 20.1 Å². The van der Waals surface area contributed by atoms with Crippen molar-refractivity contribution < 1.29 is 14.3 Å². The molecule has 6 heteroatoms. The highest BCUT2D eigenvalue weighted by atomic mass is 16.5. The molecule has 2 N–H and O–H groups in total. The third kappa shape index (κ3) is 4.33. The first-order valence-electron chi connectivity index (χ1n) is 7.08. The molecule has 110 valence electrons. The molecule has 19 heavy (non-hydrogen) atoms. The number of nitrogens with zero attached hydrogens (tertiary/aromatic N) is 1. The molecule has 2 aliphatic heterocycles. The van der Waals surface area contributed by atoms with Crippen LogP contribution in [-0.2, 0) is 9.47 Å². The van der Waals surface area contributed by atoms with E-state index in [0.29, 0.717) is 12.1 Å². The van der Waals surface area contributed by atoms with E-state index in [4.69, 9.17) is 4.74 Å². The first-order valence-corrected chi connectivity index (χ1v) is 7.08. The second-order valence-corrected chi connectivity index (χ2v) is 5.43. The van der Waals surface area contributed by atoms with Crippen LogP contribution in [0.15, 0.2) is 0 Å². The number of hydrogen-bond acceptors (Lipinski definition) is 5. The smallest absolute Gasteiger partial charge is 0.407 e. The third-order valence-corrected chi connectivity index (χ3v) is 3.97. The molecule has 2 saturated heterocycles. The minimum Gasteiger partial charge on any atom is -0.453 e. The fraction of sp³-hybridized carbons (Fsp3) is 0.923. The fourth-order valence-electron chi connectivity index (χ4n) is 2.86. The number of morpholine rings is 1. The minimum absolute atomic E-state index is 0.213. The summed E-state index contributed by atoms with van der Waals surface area (Å²) in [5.74, 6) is 0. The van der Waals surface area contributed by atoms with Crippen molar-refractivity contribution in [3.05, 3.63) is 0 Å². The topological polar surface area (TPSA) is 62.8 Å². The number of alkyl carbamates (subject to hydrolysis) is 1. The molecule has 0 spiro atoms. The van der Waals surface area contributed by atoms with E-state index in [2.05, 4.69) is 27.2 Å². The summed E-state index contributed by atoms with van der Waals surface area (Å²) in [6.07, 6.45) is 1.75. The molecule has 2 fully saturated rings. The highest BCUT2D eigenvalue weighted by Gasteiger charge is 2.28. The summed E-state index contributed by atoms with van der Waals surface area (Å²) in [5.41, 5.74) is 0. The normalized spacial score (nSPS) is 30.0. The molecule has 0 aliphatic carbocycles. The summed E-state index contributed by atoms with van der Waals surface area (Å²) in [4.78, 5) is 13.6. The van der Waals surface area contributed by atoms with Crippen LogP contribution >= 0.6 is 0 Å². The second kappa shape index (κ2) is 7.07. The zero-order valence-corrected chi connectivity index (χ0v) is 11.9. The van der Waals surface area contributed by atoms with Gasteiger partial charge in [-0.1, -0.05) is 0 Å². The Morgan fingerprint density at radius 1 is 1.63 bits per heavy atom. The maximum atomic E-state index is 11.2. The van der Waals surface area contributed by atoms with Crippen molar-refractivity contribution in [1.29, 1.82) is 0 Å². The summed E-state index contributed by atoms with van der Waals surface area (Å²) in [6, 6.07) is 1.17. The number of carbonyl (C=O) groups is 1. The standard InChI is InChI=1S/C13H25N3O3/c1-10(7-12-9-19-6-4-14-12)16-5-3-11(8-16)15-13(17)18-2/h10-12,14H,3-9H2,1-2H3,(H,15,17). The first kappa shape index (κ1) is 14.6. The summed E-state index contributed by atoms with van der Waals surface area (Å²) in [5, 5.41) is 6.36. The largest absolute Gasteiger partial charge is 0.453 e. The second-order valence-electron chi connectivity index (χ2n) is 5.43. The third-order valence-electron chi connectivity index (χ3n) is 3.97. The Labute approximate surface area is 114 Å². The predicted molar refractivity (Wildman–Crippen MR) is 72.2 cm³/mol. The maximum absolute atomic E-state index is 11.2. The lowest BCUT2D eigenvalue weighted by Gasteiger charge is -2.31. The van der Waals surface area contributed by atoms with E-state index in [0.717, 1.165) is 45.7 Å². The number of methoxy groups -OCH3 is 1. The summed E-state index contributed by atoms with van der Waals surface area (Å²) in [7, 11) is 1.40. The number of hydrogen-bond donors (Lipinski definition) is 2. The van der Waals surface area contributed by atoms with Gasteiger partial charge in [0.15, 0.2) is 0 Å². The number of likely N-dealkylation sites (tertiary alicyclic amines) is 1. The molecule has 0 aromatic heterocycles. The van der Waals surface area contributed by atoms with Crippen LogP contribution in [0.3, 0.4) is 0 Å². The van der Waals surface area contributed by atoms with Crippen molar-refractivity contribution in [2.24, 2.45) is 0 Å². The molecule has 0 saturated carbocycles. The highest BCUT2D eigenvalue weighted by Crippen LogP contribution is 2.16. The molecule has 6 nitrogen and oxygen atoms in total. The molecule has 3 unspecified atom stereocenters. The van der Waals surface area contributed by atoms with Gasteiger partial charge in [0.05, 0.1) is 20.3 Å². The molecule has 2 rings (SSSR count). The Balaban J connectivity index is 1.71. The van der Waals surface area contributed by atoms with Crippen LogP contribution in [0.1, 0.15) is 19.8 Å². The molecule has 0 radical (unpaired) electrons. The van der Waals surface area contributed by atoms with Crippen molar-refractivity contribution in [3.63, 3.8) is 0 Å². The Morgan fingerprint density at radius 2 is 2.47 bits per heavy atom. The van der Waals surface area contributed by atoms with Crippen molar-refractivity contribution in [3.8, 4) is 0 Å². The molecule has 0 aromatic rings. The fourth-order valence-corrected chi connectivity index (χ4v) is 2.86. The number of nitrogens with one attached hydrogen (secondary N) is 2. The van der Waals surface area contributed by atoms with Crippen LogP contribution < -0.4 is 10.6 Å². The average molecular weight is 271 g/mol. The van der Waals surface area contributed by atoms with Crippen molar-refractivity contribution >= 4 is 6.09 Å². The molecule has 1 amide bonds. The van der Waals surface area contributed by atoms with E-state index in [-0.39, 0.29) is 12.1 Å². The Hall–Kier alpha value is -0.850. The Bertz CT molecular complexity index is 295. The van der Waals surface area contributed by atoms with Crippen molar-refractivity contribution in [2.45, 2.75) is 37.9 Å². The van der Waals surface area contributed by atoms with Crippen molar-refractivity contribution in [2.75, 3.05) is 40.0 Å². The quantitative estimate of drug-likeness (QED) is 0.764. The van der Waals surface area contributed by atoms with Crippen LogP contribution in [0, 0.1) is 0 Å². The Kier molecular flexibility index (Phi) is 5.42. The van der Waals surface area contributed by atoms with Gasteiger partial charge in [-0.05, 0) is 19.8 Å².